The first-order valence-corrected chi connectivity index (χ1v) is 6.36. The summed E-state index contributed by atoms with van der Waals surface area (Å²) in [5.41, 5.74) is 0. The van der Waals surface area contributed by atoms with Gasteiger partial charge >= 0.3 is 0 Å². The monoisotopic (exact) mass is 179 g/mol. The molecule has 1 N–H and O–H groups in total. The van der Waals surface area contributed by atoms with Crippen LogP contribution >= 0.6 is 0 Å². The van der Waals surface area contributed by atoms with E-state index in [4.69, 9.17) is 15.3 Å². The molecule has 0 atom stereocenters. The van der Waals surface area contributed by atoms with Crippen LogP contribution in [-0.2, 0) is 0 Å². The Hall–Kier alpha value is -0.583. The highest BCUT2D eigenvalue weighted by Gasteiger charge is 1.98. The Morgan fingerprint density at radius 3 is 1.45 bits per heavy atom. The highest BCUT2D eigenvalue weighted by Crippen LogP contribution is 2.01. The number of nitrogens with zero attached hydrogens (tertiary/aromatic N) is 1. The predicted octanol–water partition coefficient (Wildman–Crippen LogP) is 1.93. The topological polar surface area (TPSA) is 63.4 Å². The van der Waals surface area contributed by atoms with Crippen molar-refractivity contribution in [3.05, 3.63) is 10.1 Å². The Bertz CT molecular complexity index is 86.3. The highest BCUT2D eigenvalue weighted by atomic mass is 28.3. The Morgan fingerprint density at radius 2 is 1.45 bits per heavy atom. The molecule has 68 valence electrons. The maximum absolute atomic E-state index is 8.36. The van der Waals surface area contributed by atoms with E-state index in [-0.39, 0.29) is 8.80 Å². The van der Waals surface area contributed by atoms with E-state index in [1.54, 1.807) is 0 Å². The van der Waals surface area contributed by atoms with E-state index >= 15 is 0 Å². The van der Waals surface area contributed by atoms with Gasteiger partial charge in [-0.2, -0.15) is 0 Å². The average Bonchev–Trinajstić information content (AvgIpc) is 1.90. The summed E-state index contributed by atoms with van der Waals surface area (Å²) < 4.78 is 0. The molecule has 0 bridgehead atoms. The normalized spacial score (nSPS) is 8.73. The molecule has 5 heteroatoms. The van der Waals surface area contributed by atoms with Crippen molar-refractivity contribution in [1.82, 2.24) is 0 Å². The van der Waals surface area contributed by atoms with Crippen LogP contribution in [0.4, 0.5) is 0 Å². The van der Waals surface area contributed by atoms with Gasteiger partial charge in [0.15, 0.2) is 0 Å². The molecule has 0 fully saturated rings. The Balaban J connectivity index is 0. The van der Waals surface area contributed by atoms with Gasteiger partial charge in [0, 0.05) is 8.80 Å². The third-order valence-corrected chi connectivity index (χ3v) is 5.20. The lowest BCUT2D eigenvalue weighted by atomic mass is 10.9. The molecule has 0 radical (unpaired) electrons. The Labute approximate surface area is 68.9 Å². The van der Waals surface area contributed by atoms with E-state index in [1.165, 1.54) is 18.1 Å². The largest absolute Gasteiger partial charge is 0.328 e. The molecule has 0 aromatic rings. The zero-order valence-electron chi connectivity index (χ0n) is 7.41. The van der Waals surface area contributed by atoms with Gasteiger partial charge in [-0.1, -0.05) is 38.9 Å². The SMILES string of the molecule is CC[SiH](CC)CC.O=[N+]([O-])O. The summed E-state index contributed by atoms with van der Waals surface area (Å²) in [5.74, 6) is 0. The van der Waals surface area contributed by atoms with E-state index in [0.717, 1.165) is 0 Å². The summed E-state index contributed by atoms with van der Waals surface area (Å²) in [7, 11) is -0.171. The third-order valence-electron chi connectivity index (χ3n) is 1.73. The summed E-state index contributed by atoms with van der Waals surface area (Å²) in [4.78, 5) is 8.36. The minimum Gasteiger partial charge on any atom is -0.328 e. The second-order valence-electron chi connectivity index (χ2n) is 2.33. The number of hydrogen-bond acceptors (Lipinski definition) is 2. The van der Waals surface area contributed by atoms with Gasteiger partial charge in [0.25, 0.3) is 5.09 Å². The maximum Gasteiger partial charge on any atom is 0.291 e. The van der Waals surface area contributed by atoms with Crippen LogP contribution in [0.1, 0.15) is 20.8 Å². The second kappa shape index (κ2) is 9.42. The van der Waals surface area contributed by atoms with Crippen molar-refractivity contribution in [2.24, 2.45) is 0 Å². The van der Waals surface area contributed by atoms with Crippen LogP contribution in [-0.4, -0.2) is 19.1 Å². The predicted molar refractivity (Wildman–Crippen MR) is 47.4 cm³/mol. The molecule has 0 unspecified atom stereocenters. The first-order valence-electron chi connectivity index (χ1n) is 3.91. The molecular weight excluding hydrogens is 162 g/mol. The van der Waals surface area contributed by atoms with E-state index in [2.05, 4.69) is 20.8 Å². The van der Waals surface area contributed by atoms with Crippen molar-refractivity contribution in [3.8, 4) is 0 Å². The van der Waals surface area contributed by atoms with Gasteiger partial charge in [-0.3, -0.25) is 0 Å². The highest BCUT2D eigenvalue weighted by molar-refractivity contribution is 6.58. The fourth-order valence-electron chi connectivity index (χ4n) is 0.866. The molecule has 0 aromatic heterocycles. The second-order valence-corrected chi connectivity index (χ2v) is 6.51. The average molecular weight is 179 g/mol. The van der Waals surface area contributed by atoms with Gasteiger partial charge in [-0.05, 0) is 0 Å². The van der Waals surface area contributed by atoms with E-state index < -0.39 is 5.09 Å². The van der Waals surface area contributed by atoms with Gasteiger partial charge in [0.1, 0.15) is 0 Å². The lowest BCUT2D eigenvalue weighted by molar-refractivity contribution is -0.742. The standard InChI is InChI=1S/C6H16Si.HNO3/c1-4-7(5-2)6-3;2-1(3)4/h7H,4-6H2,1-3H3;(H,2,3,4). The minimum absolute atomic E-state index is 0.171. The molecule has 0 aliphatic carbocycles. The van der Waals surface area contributed by atoms with Crippen LogP contribution in [0, 0.1) is 10.1 Å². The van der Waals surface area contributed by atoms with E-state index in [1.807, 2.05) is 0 Å². The molecule has 4 nitrogen and oxygen atoms in total. The van der Waals surface area contributed by atoms with Crippen LogP contribution in [0.15, 0.2) is 0 Å². The van der Waals surface area contributed by atoms with Crippen LogP contribution in [0.2, 0.25) is 18.1 Å². The molecule has 0 amide bonds. The maximum atomic E-state index is 8.36. The van der Waals surface area contributed by atoms with Crippen LogP contribution in [0.3, 0.4) is 0 Å². The van der Waals surface area contributed by atoms with Crippen molar-refractivity contribution in [3.63, 3.8) is 0 Å². The fraction of sp³-hybridized carbons (Fsp3) is 1.00. The molecule has 0 spiro atoms. The fourth-order valence-corrected chi connectivity index (χ4v) is 2.60. The van der Waals surface area contributed by atoms with Crippen molar-refractivity contribution >= 4 is 8.80 Å². The summed E-state index contributed by atoms with van der Waals surface area (Å²) in [6.07, 6.45) is 0. The zero-order valence-corrected chi connectivity index (χ0v) is 8.56. The summed E-state index contributed by atoms with van der Waals surface area (Å²) >= 11 is 0. The molecule has 0 aliphatic heterocycles. The minimum atomic E-state index is -1.50. The van der Waals surface area contributed by atoms with Gasteiger partial charge in [0.05, 0.1) is 0 Å². The summed E-state index contributed by atoms with van der Waals surface area (Å²) in [5, 5.41) is 13.6. The van der Waals surface area contributed by atoms with Crippen molar-refractivity contribution in [1.29, 1.82) is 0 Å². The first kappa shape index (κ1) is 13.0. The third kappa shape index (κ3) is 17.7. The van der Waals surface area contributed by atoms with Crippen LogP contribution in [0.25, 0.3) is 0 Å². The lowest BCUT2D eigenvalue weighted by Gasteiger charge is -2.03. The Morgan fingerprint density at radius 1 is 1.27 bits per heavy atom. The Kier molecular flexibility index (Phi) is 11.2. The molecule has 0 aromatic carbocycles. The van der Waals surface area contributed by atoms with Gasteiger partial charge in [-0.15, -0.1) is 10.1 Å². The number of hydrogen-bond donors (Lipinski definition) is 1. The molecule has 11 heavy (non-hydrogen) atoms. The summed E-state index contributed by atoms with van der Waals surface area (Å²) in [6.45, 7) is 6.97. The molecule has 0 heterocycles. The van der Waals surface area contributed by atoms with Crippen molar-refractivity contribution in [2.75, 3.05) is 0 Å². The van der Waals surface area contributed by atoms with Crippen LogP contribution < -0.4 is 0 Å². The zero-order chi connectivity index (χ0) is 9.28. The van der Waals surface area contributed by atoms with Crippen LogP contribution in [0.5, 0.6) is 0 Å². The summed E-state index contributed by atoms with van der Waals surface area (Å²) in [6, 6.07) is 4.48. The molecule has 0 saturated heterocycles. The van der Waals surface area contributed by atoms with Crippen molar-refractivity contribution in [2.45, 2.75) is 38.9 Å². The first-order chi connectivity index (χ1) is 5.08. The smallest absolute Gasteiger partial charge is 0.291 e. The molecule has 0 aliphatic rings. The van der Waals surface area contributed by atoms with E-state index in [0.29, 0.717) is 0 Å². The molecule has 0 rings (SSSR count). The quantitative estimate of drug-likeness (QED) is 0.409. The van der Waals surface area contributed by atoms with Crippen molar-refractivity contribution < 1.29 is 10.3 Å². The number of rotatable bonds is 3. The molecule has 0 saturated carbocycles. The lowest BCUT2D eigenvalue weighted by Crippen LogP contribution is -2.04. The van der Waals surface area contributed by atoms with Gasteiger partial charge in [-0.25, -0.2) is 0 Å². The van der Waals surface area contributed by atoms with Gasteiger partial charge < -0.3 is 5.21 Å². The molecular formula is C6H17NO3Si. The van der Waals surface area contributed by atoms with Gasteiger partial charge in [0.2, 0.25) is 0 Å². The van der Waals surface area contributed by atoms with E-state index in [9.17, 15) is 0 Å².